The van der Waals surface area contributed by atoms with Gasteiger partial charge < -0.3 is 29.2 Å². The number of carbonyl (C=O) groups excluding carboxylic acids is 3. The number of amides is 2. The zero-order chi connectivity index (χ0) is 22.1. The number of nitrogens with zero attached hydrogens (tertiary/aromatic N) is 1. The third kappa shape index (κ3) is 6.91. The monoisotopic (exact) mass is 422 g/mol. The summed E-state index contributed by atoms with van der Waals surface area (Å²) in [6.07, 6.45) is 0. The summed E-state index contributed by atoms with van der Waals surface area (Å²) >= 11 is 0. The van der Waals surface area contributed by atoms with E-state index >= 15 is 0 Å². The minimum absolute atomic E-state index is 0.0205. The lowest BCUT2D eigenvalue weighted by molar-refractivity contribution is -0.137. The lowest BCUT2D eigenvalue weighted by Gasteiger charge is -2.26. The van der Waals surface area contributed by atoms with E-state index in [-0.39, 0.29) is 48.3 Å². The maximum atomic E-state index is 12.2. The molecule has 0 bridgehead atoms. The van der Waals surface area contributed by atoms with Crippen molar-refractivity contribution in [3.8, 4) is 11.5 Å². The van der Waals surface area contributed by atoms with Crippen molar-refractivity contribution in [3.63, 3.8) is 0 Å². The fraction of sp³-hybridized carbons (Fsp3) is 0.571. The Morgan fingerprint density at radius 2 is 1.80 bits per heavy atom. The van der Waals surface area contributed by atoms with Crippen LogP contribution in [-0.2, 0) is 19.1 Å². The van der Waals surface area contributed by atoms with Gasteiger partial charge >= 0.3 is 5.97 Å². The minimum Gasteiger partial charge on any atom is -0.493 e. The molecule has 9 heteroatoms. The summed E-state index contributed by atoms with van der Waals surface area (Å²) in [5.74, 6) is -0.270. The van der Waals surface area contributed by atoms with Gasteiger partial charge in [0, 0.05) is 19.1 Å². The zero-order valence-corrected chi connectivity index (χ0v) is 17.9. The van der Waals surface area contributed by atoms with Crippen molar-refractivity contribution in [3.05, 3.63) is 23.8 Å². The number of benzene rings is 1. The fourth-order valence-electron chi connectivity index (χ4n) is 2.63. The first-order valence-electron chi connectivity index (χ1n) is 9.94. The Kier molecular flexibility index (Phi) is 8.91. The van der Waals surface area contributed by atoms with Crippen LogP contribution < -0.4 is 14.8 Å². The van der Waals surface area contributed by atoms with Gasteiger partial charge in [0.05, 0.1) is 25.9 Å². The zero-order valence-electron chi connectivity index (χ0n) is 17.9. The summed E-state index contributed by atoms with van der Waals surface area (Å²) in [5, 5.41) is 2.77. The van der Waals surface area contributed by atoms with Crippen LogP contribution in [0, 0.1) is 5.92 Å². The molecule has 0 spiro atoms. The van der Waals surface area contributed by atoms with E-state index in [9.17, 15) is 14.4 Å². The molecule has 1 saturated heterocycles. The minimum atomic E-state index is -0.656. The number of nitrogens with one attached hydrogen (secondary N) is 1. The fourth-order valence-corrected chi connectivity index (χ4v) is 2.63. The molecule has 1 aromatic rings. The number of carbonyl (C=O) groups is 3. The van der Waals surface area contributed by atoms with E-state index in [0.717, 1.165) is 0 Å². The summed E-state index contributed by atoms with van der Waals surface area (Å²) < 4.78 is 21.1. The van der Waals surface area contributed by atoms with Gasteiger partial charge in [-0.2, -0.15) is 0 Å². The van der Waals surface area contributed by atoms with Crippen LogP contribution in [0.1, 0.15) is 31.1 Å². The molecule has 1 aromatic carbocycles. The Labute approximate surface area is 176 Å². The van der Waals surface area contributed by atoms with Crippen molar-refractivity contribution < 1.29 is 33.3 Å². The SMILES string of the molecule is COc1cc(C(=O)OCC(=O)N[C@@H](C)C(C)C)ccc1OCC(=O)N1CCOCC1. The molecule has 2 amide bonds. The number of hydrogen-bond donors (Lipinski definition) is 1. The molecule has 1 aliphatic rings. The van der Waals surface area contributed by atoms with Gasteiger partial charge in [-0.1, -0.05) is 13.8 Å². The van der Waals surface area contributed by atoms with Crippen molar-refractivity contribution in [2.45, 2.75) is 26.8 Å². The van der Waals surface area contributed by atoms with E-state index in [1.807, 2.05) is 20.8 Å². The summed E-state index contributed by atoms with van der Waals surface area (Å²) in [6.45, 7) is 7.45. The van der Waals surface area contributed by atoms with Crippen molar-refractivity contribution >= 4 is 17.8 Å². The third-order valence-electron chi connectivity index (χ3n) is 4.84. The molecule has 30 heavy (non-hydrogen) atoms. The van der Waals surface area contributed by atoms with Gasteiger partial charge in [0.25, 0.3) is 11.8 Å². The van der Waals surface area contributed by atoms with Crippen molar-refractivity contribution in [1.82, 2.24) is 10.2 Å². The maximum Gasteiger partial charge on any atom is 0.338 e. The lowest BCUT2D eigenvalue weighted by atomic mass is 10.1. The Morgan fingerprint density at radius 1 is 1.10 bits per heavy atom. The van der Waals surface area contributed by atoms with Crippen LogP contribution in [0.4, 0.5) is 0 Å². The molecule has 1 fully saturated rings. The van der Waals surface area contributed by atoms with E-state index in [1.54, 1.807) is 4.90 Å². The van der Waals surface area contributed by atoms with E-state index in [2.05, 4.69) is 5.32 Å². The highest BCUT2D eigenvalue weighted by Crippen LogP contribution is 2.28. The van der Waals surface area contributed by atoms with Gasteiger partial charge in [-0.05, 0) is 31.0 Å². The topological polar surface area (TPSA) is 103 Å². The molecule has 166 valence electrons. The first kappa shape index (κ1) is 23.5. The first-order chi connectivity index (χ1) is 14.3. The summed E-state index contributed by atoms with van der Waals surface area (Å²) in [6, 6.07) is 4.45. The molecule has 1 aliphatic heterocycles. The van der Waals surface area contributed by atoms with E-state index in [4.69, 9.17) is 18.9 Å². The van der Waals surface area contributed by atoms with Crippen LogP contribution in [0.25, 0.3) is 0 Å². The van der Waals surface area contributed by atoms with Crippen LogP contribution >= 0.6 is 0 Å². The molecule has 1 N–H and O–H groups in total. The Hall–Kier alpha value is -2.81. The Bertz CT molecular complexity index is 745. The summed E-state index contributed by atoms with van der Waals surface area (Å²) in [4.78, 5) is 38.0. The second kappa shape index (κ2) is 11.4. The van der Waals surface area contributed by atoms with E-state index < -0.39 is 5.97 Å². The normalized spacial score (nSPS) is 14.8. The van der Waals surface area contributed by atoms with Crippen LogP contribution in [0.15, 0.2) is 18.2 Å². The van der Waals surface area contributed by atoms with Gasteiger partial charge in [-0.3, -0.25) is 9.59 Å². The van der Waals surface area contributed by atoms with Gasteiger partial charge in [-0.15, -0.1) is 0 Å². The second-order valence-corrected chi connectivity index (χ2v) is 7.32. The smallest absolute Gasteiger partial charge is 0.338 e. The van der Waals surface area contributed by atoms with Crippen molar-refractivity contribution in [2.24, 2.45) is 5.92 Å². The summed E-state index contributed by atoms with van der Waals surface area (Å²) in [5.41, 5.74) is 0.211. The largest absolute Gasteiger partial charge is 0.493 e. The van der Waals surface area contributed by atoms with Gasteiger partial charge in [0.2, 0.25) is 0 Å². The molecule has 2 rings (SSSR count). The van der Waals surface area contributed by atoms with Gasteiger partial charge in [0.1, 0.15) is 0 Å². The molecule has 9 nitrogen and oxygen atoms in total. The number of hydrogen-bond acceptors (Lipinski definition) is 7. The van der Waals surface area contributed by atoms with Gasteiger partial charge in [-0.25, -0.2) is 4.79 Å². The number of rotatable bonds is 9. The lowest BCUT2D eigenvalue weighted by Crippen LogP contribution is -2.43. The van der Waals surface area contributed by atoms with Gasteiger partial charge in [0.15, 0.2) is 24.7 Å². The summed E-state index contributed by atoms with van der Waals surface area (Å²) in [7, 11) is 1.43. The second-order valence-electron chi connectivity index (χ2n) is 7.32. The predicted octanol–water partition coefficient (Wildman–Crippen LogP) is 1.25. The highest BCUT2D eigenvalue weighted by molar-refractivity contribution is 5.92. The number of ether oxygens (including phenoxy) is 4. The van der Waals surface area contributed by atoms with Crippen molar-refractivity contribution in [1.29, 1.82) is 0 Å². The number of esters is 1. The number of morpholine rings is 1. The Morgan fingerprint density at radius 3 is 2.43 bits per heavy atom. The standard InChI is InChI=1S/C21H30N2O7/c1-14(2)15(3)22-19(24)12-30-21(26)16-5-6-17(18(11-16)27-4)29-13-20(25)23-7-9-28-10-8-23/h5-6,11,14-15H,7-10,12-13H2,1-4H3,(H,22,24)/t15-/m0/s1. The highest BCUT2D eigenvalue weighted by atomic mass is 16.5. The predicted molar refractivity (Wildman–Crippen MR) is 109 cm³/mol. The molecular weight excluding hydrogens is 392 g/mol. The molecule has 0 aromatic heterocycles. The molecular formula is C21H30N2O7. The average molecular weight is 422 g/mol. The van der Waals surface area contributed by atoms with Crippen LogP contribution in [-0.4, -0.2) is 75.4 Å². The number of methoxy groups -OCH3 is 1. The molecule has 1 heterocycles. The molecule has 0 radical (unpaired) electrons. The first-order valence-corrected chi connectivity index (χ1v) is 9.94. The quantitative estimate of drug-likeness (QED) is 0.598. The highest BCUT2D eigenvalue weighted by Gasteiger charge is 2.19. The average Bonchev–Trinajstić information content (AvgIpc) is 2.76. The van der Waals surface area contributed by atoms with Crippen LogP contribution in [0.5, 0.6) is 11.5 Å². The Balaban J connectivity index is 1.90. The molecule has 1 atom stereocenters. The van der Waals surface area contributed by atoms with Crippen LogP contribution in [0.3, 0.4) is 0 Å². The van der Waals surface area contributed by atoms with E-state index in [0.29, 0.717) is 32.1 Å². The molecule has 0 aliphatic carbocycles. The maximum absolute atomic E-state index is 12.2. The third-order valence-corrected chi connectivity index (χ3v) is 4.84. The van der Waals surface area contributed by atoms with E-state index in [1.165, 1.54) is 25.3 Å². The molecule has 0 unspecified atom stereocenters. The molecule has 0 saturated carbocycles. The van der Waals surface area contributed by atoms with Crippen LogP contribution in [0.2, 0.25) is 0 Å². The van der Waals surface area contributed by atoms with Crippen molar-refractivity contribution in [2.75, 3.05) is 46.6 Å².